The summed E-state index contributed by atoms with van der Waals surface area (Å²) in [5.74, 6) is 0.183. The van der Waals surface area contributed by atoms with Crippen molar-refractivity contribution in [2.75, 3.05) is 33.5 Å². The lowest BCUT2D eigenvalue weighted by atomic mass is 10.1. The topological polar surface area (TPSA) is 53.7 Å². The molecule has 0 unspecified atom stereocenters. The Labute approximate surface area is 113 Å². The van der Waals surface area contributed by atoms with Crippen LogP contribution in [0, 0.1) is 5.82 Å². The molecule has 19 heavy (non-hydrogen) atoms. The van der Waals surface area contributed by atoms with Crippen molar-refractivity contribution in [3.63, 3.8) is 0 Å². The molecule has 1 rings (SSSR count). The summed E-state index contributed by atoms with van der Waals surface area (Å²) >= 11 is 0. The molecule has 0 bridgehead atoms. The maximum atomic E-state index is 13.2. The minimum absolute atomic E-state index is 0.187. The van der Waals surface area contributed by atoms with Gasteiger partial charge in [-0.25, -0.2) is 4.39 Å². The lowest BCUT2D eigenvalue weighted by molar-refractivity contribution is 0.0643. The van der Waals surface area contributed by atoms with Crippen LogP contribution in [0.15, 0.2) is 18.2 Å². The second-order valence-corrected chi connectivity index (χ2v) is 4.28. The Morgan fingerprint density at radius 1 is 1.21 bits per heavy atom. The lowest BCUT2D eigenvalue weighted by Gasteiger charge is -2.14. The number of hydrogen-bond donors (Lipinski definition) is 1. The molecule has 0 aliphatic rings. The van der Waals surface area contributed by atoms with Crippen LogP contribution in [0.4, 0.5) is 4.39 Å². The first-order valence-corrected chi connectivity index (χ1v) is 6.39. The van der Waals surface area contributed by atoms with Gasteiger partial charge in [-0.1, -0.05) is 6.07 Å². The van der Waals surface area contributed by atoms with Gasteiger partial charge in [0.25, 0.3) is 0 Å². The number of hydrogen-bond acceptors (Lipinski definition) is 4. The molecule has 0 fully saturated rings. The van der Waals surface area contributed by atoms with Crippen LogP contribution >= 0.6 is 0 Å². The largest absolute Gasteiger partial charge is 0.493 e. The zero-order chi connectivity index (χ0) is 14.1. The third kappa shape index (κ3) is 6.00. The smallest absolute Gasteiger partial charge is 0.126 e. The van der Waals surface area contributed by atoms with Crippen LogP contribution in [0.1, 0.15) is 24.9 Å². The number of ether oxygens (including phenoxy) is 3. The van der Waals surface area contributed by atoms with Crippen LogP contribution in [0.2, 0.25) is 0 Å². The van der Waals surface area contributed by atoms with Crippen molar-refractivity contribution in [1.82, 2.24) is 0 Å². The number of benzene rings is 1. The van der Waals surface area contributed by atoms with Crippen molar-refractivity contribution >= 4 is 0 Å². The minimum Gasteiger partial charge on any atom is -0.493 e. The molecule has 4 nitrogen and oxygen atoms in total. The number of rotatable bonds is 9. The van der Waals surface area contributed by atoms with Crippen molar-refractivity contribution < 1.29 is 18.6 Å². The second kappa shape index (κ2) is 8.85. The van der Waals surface area contributed by atoms with Crippen LogP contribution in [-0.4, -0.2) is 33.5 Å². The molecule has 0 saturated heterocycles. The zero-order valence-corrected chi connectivity index (χ0v) is 11.5. The maximum Gasteiger partial charge on any atom is 0.126 e. The SMILES string of the molecule is COCCOCCCOc1cc(F)ccc1[C@@H](C)N. The molecule has 0 radical (unpaired) electrons. The highest BCUT2D eigenvalue weighted by molar-refractivity contribution is 5.36. The van der Waals surface area contributed by atoms with E-state index in [4.69, 9.17) is 19.9 Å². The second-order valence-electron chi connectivity index (χ2n) is 4.28. The monoisotopic (exact) mass is 271 g/mol. The number of nitrogens with two attached hydrogens (primary N) is 1. The molecule has 108 valence electrons. The molecule has 0 aromatic heterocycles. The Kier molecular flexibility index (Phi) is 7.40. The molecule has 1 aromatic rings. The van der Waals surface area contributed by atoms with Crippen LogP contribution < -0.4 is 10.5 Å². The van der Waals surface area contributed by atoms with Crippen molar-refractivity contribution in [3.05, 3.63) is 29.6 Å². The third-order valence-corrected chi connectivity index (χ3v) is 2.59. The molecule has 1 atom stereocenters. The highest BCUT2D eigenvalue weighted by Crippen LogP contribution is 2.24. The minimum atomic E-state index is -0.323. The first kappa shape index (κ1) is 15.9. The Morgan fingerprint density at radius 2 is 2.00 bits per heavy atom. The Bertz CT molecular complexity index is 372. The van der Waals surface area contributed by atoms with Crippen molar-refractivity contribution in [1.29, 1.82) is 0 Å². The molecule has 2 N–H and O–H groups in total. The molecular formula is C14H22FNO3. The fourth-order valence-electron chi connectivity index (χ4n) is 1.60. The van der Waals surface area contributed by atoms with Gasteiger partial charge in [0, 0.05) is 37.8 Å². The summed E-state index contributed by atoms with van der Waals surface area (Å²) < 4.78 is 28.9. The molecule has 0 aliphatic heterocycles. The van der Waals surface area contributed by atoms with Crippen LogP contribution in [0.3, 0.4) is 0 Å². The highest BCUT2D eigenvalue weighted by atomic mass is 19.1. The molecule has 0 saturated carbocycles. The Balaban J connectivity index is 2.34. The summed E-state index contributed by atoms with van der Waals surface area (Å²) in [4.78, 5) is 0. The Morgan fingerprint density at radius 3 is 2.68 bits per heavy atom. The standard InChI is InChI=1S/C14H22FNO3/c1-11(16)13-5-4-12(15)10-14(13)19-7-3-6-18-9-8-17-2/h4-5,10-11H,3,6-9,16H2,1-2H3/t11-/m1/s1. The molecule has 0 heterocycles. The van der Waals surface area contributed by atoms with E-state index in [2.05, 4.69) is 0 Å². The first-order valence-electron chi connectivity index (χ1n) is 6.39. The average Bonchev–Trinajstić information content (AvgIpc) is 2.37. The van der Waals surface area contributed by atoms with Gasteiger partial charge in [0.2, 0.25) is 0 Å². The van der Waals surface area contributed by atoms with E-state index >= 15 is 0 Å². The van der Waals surface area contributed by atoms with E-state index in [1.54, 1.807) is 13.2 Å². The summed E-state index contributed by atoms with van der Waals surface area (Å²) in [6, 6.07) is 4.22. The highest BCUT2D eigenvalue weighted by Gasteiger charge is 2.09. The van der Waals surface area contributed by atoms with Gasteiger partial charge in [-0.05, 0) is 13.0 Å². The van der Waals surface area contributed by atoms with Gasteiger partial charge >= 0.3 is 0 Å². The third-order valence-electron chi connectivity index (χ3n) is 2.59. The van der Waals surface area contributed by atoms with E-state index in [1.165, 1.54) is 12.1 Å². The quantitative estimate of drug-likeness (QED) is 0.700. The molecule has 0 aliphatic carbocycles. The van der Waals surface area contributed by atoms with Crippen LogP contribution in [0.25, 0.3) is 0 Å². The summed E-state index contributed by atoms with van der Waals surface area (Å²) in [6.45, 7) is 4.05. The predicted molar refractivity (Wildman–Crippen MR) is 71.8 cm³/mol. The van der Waals surface area contributed by atoms with E-state index < -0.39 is 0 Å². The van der Waals surface area contributed by atoms with Crippen molar-refractivity contribution in [2.45, 2.75) is 19.4 Å². The van der Waals surface area contributed by atoms with Gasteiger partial charge in [-0.2, -0.15) is 0 Å². The lowest BCUT2D eigenvalue weighted by Crippen LogP contribution is -2.10. The summed E-state index contributed by atoms with van der Waals surface area (Å²) in [6.07, 6.45) is 0.735. The fraction of sp³-hybridized carbons (Fsp3) is 0.571. The molecule has 0 spiro atoms. The Hall–Kier alpha value is -1.17. The first-order chi connectivity index (χ1) is 9.15. The van der Waals surface area contributed by atoms with E-state index in [0.29, 0.717) is 32.2 Å². The average molecular weight is 271 g/mol. The van der Waals surface area contributed by atoms with Gasteiger partial charge in [0.05, 0.1) is 19.8 Å². The van der Waals surface area contributed by atoms with Crippen molar-refractivity contribution in [2.24, 2.45) is 5.73 Å². The normalized spacial score (nSPS) is 12.4. The van der Waals surface area contributed by atoms with Gasteiger partial charge in [-0.3, -0.25) is 0 Å². The molecule has 1 aromatic carbocycles. The molecule has 0 amide bonds. The summed E-state index contributed by atoms with van der Waals surface area (Å²) in [5, 5.41) is 0. The van der Waals surface area contributed by atoms with Gasteiger partial charge in [-0.15, -0.1) is 0 Å². The molecular weight excluding hydrogens is 249 g/mol. The van der Waals surface area contributed by atoms with E-state index in [1.807, 2.05) is 6.92 Å². The van der Waals surface area contributed by atoms with Crippen LogP contribution in [0.5, 0.6) is 5.75 Å². The van der Waals surface area contributed by atoms with E-state index in [0.717, 1.165) is 12.0 Å². The number of methoxy groups -OCH3 is 1. The summed E-state index contributed by atoms with van der Waals surface area (Å²) in [7, 11) is 1.63. The summed E-state index contributed by atoms with van der Waals surface area (Å²) in [5.41, 5.74) is 6.62. The molecule has 5 heteroatoms. The number of halogens is 1. The zero-order valence-electron chi connectivity index (χ0n) is 11.5. The predicted octanol–water partition coefficient (Wildman–Crippen LogP) is 2.28. The van der Waals surface area contributed by atoms with Crippen molar-refractivity contribution in [3.8, 4) is 5.75 Å². The van der Waals surface area contributed by atoms with Gasteiger partial charge < -0.3 is 19.9 Å². The van der Waals surface area contributed by atoms with Gasteiger partial charge in [0.1, 0.15) is 11.6 Å². The maximum absolute atomic E-state index is 13.2. The fourth-order valence-corrected chi connectivity index (χ4v) is 1.60. The van der Waals surface area contributed by atoms with Gasteiger partial charge in [0.15, 0.2) is 0 Å². The van der Waals surface area contributed by atoms with E-state index in [9.17, 15) is 4.39 Å². The van der Waals surface area contributed by atoms with E-state index in [-0.39, 0.29) is 11.9 Å². The van der Waals surface area contributed by atoms with Crippen LogP contribution in [-0.2, 0) is 9.47 Å².